The Balaban J connectivity index is 2.54. The van der Waals surface area contributed by atoms with Crippen LogP contribution in [0.4, 0.5) is 5.13 Å². The molecule has 1 heterocycles. The van der Waals surface area contributed by atoms with Gasteiger partial charge < -0.3 is 4.90 Å². The molecule has 1 N–H and O–H groups in total. The van der Waals surface area contributed by atoms with Gasteiger partial charge in [-0.25, -0.2) is 0 Å². The van der Waals surface area contributed by atoms with Gasteiger partial charge in [-0.1, -0.05) is 31.8 Å². The number of amides is 2. The van der Waals surface area contributed by atoms with Gasteiger partial charge in [0.25, 0.3) is 0 Å². The Labute approximate surface area is 110 Å². The first-order valence-corrected chi connectivity index (χ1v) is 6.26. The summed E-state index contributed by atoms with van der Waals surface area (Å²) < 4.78 is 0. The monoisotopic (exact) mass is 268 g/mol. The molecule has 0 bridgehead atoms. The largest absolute Gasteiger partial charge is 0.333 e. The lowest BCUT2D eigenvalue weighted by atomic mass is 10.2. The van der Waals surface area contributed by atoms with Crippen molar-refractivity contribution >= 4 is 28.3 Å². The van der Waals surface area contributed by atoms with Gasteiger partial charge in [0.1, 0.15) is 5.01 Å². The zero-order valence-electron chi connectivity index (χ0n) is 10.6. The van der Waals surface area contributed by atoms with Crippen LogP contribution in [0.2, 0.25) is 0 Å². The maximum Gasteiger partial charge on any atom is 0.246 e. The quantitative estimate of drug-likeness (QED) is 0.815. The van der Waals surface area contributed by atoms with E-state index < -0.39 is 0 Å². The molecule has 0 saturated heterocycles. The van der Waals surface area contributed by atoms with Crippen LogP contribution in [0, 0.1) is 0 Å². The lowest BCUT2D eigenvalue weighted by Crippen LogP contribution is -2.33. The smallest absolute Gasteiger partial charge is 0.246 e. The first kappa shape index (κ1) is 14.3. The topological polar surface area (TPSA) is 75.2 Å². The number of carbonyl (C=O) groups is 2. The van der Waals surface area contributed by atoms with Gasteiger partial charge in [0, 0.05) is 13.0 Å². The second kappa shape index (κ2) is 6.25. The number of rotatable bonds is 5. The molecule has 0 aliphatic rings. The summed E-state index contributed by atoms with van der Waals surface area (Å²) in [6, 6.07) is 0. The molecule has 0 fully saturated rings. The van der Waals surface area contributed by atoms with Crippen LogP contribution in [0.3, 0.4) is 0 Å². The molecular weight excluding hydrogens is 252 g/mol. The first-order valence-electron chi connectivity index (χ1n) is 5.44. The molecule has 7 heteroatoms. The highest BCUT2D eigenvalue weighted by atomic mass is 32.1. The summed E-state index contributed by atoms with van der Waals surface area (Å²) >= 11 is 1.33. The molecule has 18 heavy (non-hydrogen) atoms. The van der Waals surface area contributed by atoms with Gasteiger partial charge in [-0.15, -0.1) is 10.2 Å². The highest BCUT2D eigenvalue weighted by Crippen LogP contribution is 2.22. The van der Waals surface area contributed by atoms with Crippen molar-refractivity contribution in [2.24, 2.45) is 0 Å². The summed E-state index contributed by atoms with van der Waals surface area (Å²) in [5, 5.41) is 11.7. The van der Waals surface area contributed by atoms with Crippen molar-refractivity contribution in [3.63, 3.8) is 0 Å². The number of nitrogens with one attached hydrogen (secondary N) is 1. The minimum Gasteiger partial charge on any atom is -0.333 e. The summed E-state index contributed by atoms with van der Waals surface area (Å²) in [4.78, 5) is 24.1. The van der Waals surface area contributed by atoms with Crippen molar-refractivity contribution in [2.75, 3.05) is 18.9 Å². The molecule has 6 nitrogen and oxygen atoms in total. The zero-order valence-corrected chi connectivity index (χ0v) is 11.5. The SMILES string of the molecule is C=CC(=O)N(C)CC(=O)Nc1nnc(C(C)C)s1. The predicted octanol–water partition coefficient (Wildman–Crippen LogP) is 1.24. The zero-order chi connectivity index (χ0) is 13.7. The van der Waals surface area contributed by atoms with Crippen molar-refractivity contribution in [3.8, 4) is 0 Å². The molecule has 1 aromatic heterocycles. The van der Waals surface area contributed by atoms with Crippen LogP contribution < -0.4 is 5.32 Å². The van der Waals surface area contributed by atoms with Crippen LogP contribution in [-0.4, -0.2) is 40.5 Å². The van der Waals surface area contributed by atoms with E-state index in [1.807, 2.05) is 13.8 Å². The Morgan fingerprint density at radius 2 is 2.17 bits per heavy atom. The second-order valence-electron chi connectivity index (χ2n) is 4.05. The van der Waals surface area contributed by atoms with Gasteiger partial charge in [0.2, 0.25) is 16.9 Å². The van der Waals surface area contributed by atoms with Crippen molar-refractivity contribution in [1.82, 2.24) is 15.1 Å². The number of carbonyl (C=O) groups excluding carboxylic acids is 2. The van der Waals surface area contributed by atoms with E-state index in [1.165, 1.54) is 23.3 Å². The number of likely N-dealkylation sites (N-methyl/N-ethyl adjacent to an activating group) is 1. The molecule has 0 radical (unpaired) electrons. The van der Waals surface area contributed by atoms with Crippen LogP contribution >= 0.6 is 11.3 Å². The Bertz CT molecular complexity index is 456. The van der Waals surface area contributed by atoms with Crippen LogP contribution in [0.5, 0.6) is 0 Å². The van der Waals surface area contributed by atoms with Gasteiger partial charge in [-0.2, -0.15) is 0 Å². The van der Waals surface area contributed by atoms with E-state index in [9.17, 15) is 9.59 Å². The molecule has 2 amide bonds. The van der Waals surface area contributed by atoms with Gasteiger partial charge >= 0.3 is 0 Å². The standard InChI is InChI=1S/C11H16N4O2S/c1-5-9(17)15(4)6-8(16)12-11-14-13-10(18-11)7(2)3/h5,7H,1,6H2,2-4H3,(H,12,14,16). The van der Waals surface area contributed by atoms with Gasteiger partial charge in [0.05, 0.1) is 6.54 Å². The highest BCUT2D eigenvalue weighted by Gasteiger charge is 2.13. The molecule has 0 aromatic carbocycles. The number of hydrogen-bond donors (Lipinski definition) is 1. The molecule has 1 aromatic rings. The van der Waals surface area contributed by atoms with Crippen LogP contribution in [0.1, 0.15) is 24.8 Å². The molecule has 98 valence electrons. The number of hydrogen-bond acceptors (Lipinski definition) is 5. The first-order chi connectivity index (χ1) is 8.43. The molecule has 0 aliphatic heterocycles. The average molecular weight is 268 g/mol. The number of anilines is 1. The van der Waals surface area contributed by atoms with E-state index >= 15 is 0 Å². The number of aromatic nitrogens is 2. The Kier molecular flexibility index (Phi) is 4.96. The summed E-state index contributed by atoms with van der Waals surface area (Å²) in [6.07, 6.45) is 1.16. The van der Waals surface area contributed by atoms with Crippen LogP contribution in [0.25, 0.3) is 0 Å². The van der Waals surface area contributed by atoms with E-state index in [4.69, 9.17) is 0 Å². The normalized spacial score (nSPS) is 10.2. The lowest BCUT2D eigenvalue weighted by Gasteiger charge is -2.13. The summed E-state index contributed by atoms with van der Waals surface area (Å²) in [5.41, 5.74) is 0. The molecule has 1 rings (SSSR count). The maximum absolute atomic E-state index is 11.6. The average Bonchev–Trinajstić information content (AvgIpc) is 2.76. The lowest BCUT2D eigenvalue weighted by molar-refractivity contribution is -0.129. The van der Waals surface area contributed by atoms with E-state index in [2.05, 4.69) is 22.1 Å². The fourth-order valence-electron chi connectivity index (χ4n) is 1.13. The molecular formula is C11H16N4O2S. The van der Waals surface area contributed by atoms with Crippen molar-refractivity contribution in [1.29, 1.82) is 0 Å². The molecule has 0 atom stereocenters. The molecule has 0 spiro atoms. The number of nitrogens with zero attached hydrogens (tertiary/aromatic N) is 3. The van der Waals surface area contributed by atoms with E-state index in [1.54, 1.807) is 0 Å². The van der Waals surface area contributed by atoms with Gasteiger partial charge in [-0.05, 0) is 6.08 Å². The molecule has 0 unspecified atom stereocenters. The third-order valence-electron chi connectivity index (χ3n) is 2.11. The predicted molar refractivity (Wildman–Crippen MR) is 70.5 cm³/mol. The van der Waals surface area contributed by atoms with Crippen molar-refractivity contribution < 1.29 is 9.59 Å². The Morgan fingerprint density at radius 1 is 1.50 bits per heavy atom. The Hall–Kier alpha value is -1.76. The second-order valence-corrected chi connectivity index (χ2v) is 5.06. The maximum atomic E-state index is 11.6. The van der Waals surface area contributed by atoms with E-state index in [0.29, 0.717) is 5.13 Å². The van der Waals surface area contributed by atoms with E-state index in [-0.39, 0.29) is 24.3 Å². The third-order valence-corrected chi connectivity index (χ3v) is 3.25. The minimum absolute atomic E-state index is 0.0402. The Morgan fingerprint density at radius 3 is 2.67 bits per heavy atom. The fraction of sp³-hybridized carbons (Fsp3) is 0.455. The summed E-state index contributed by atoms with van der Waals surface area (Å²) in [7, 11) is 1.53. The van der Waals surface area contributed by atoms with Crippen LogP contribution in [-0.2, 0) is 9.59 Å². The van der Waals surface area contributed by atoms with Crippen molar-refractivity contribution in [3.05, 3.63) is 17.7 Å². The fourth-order valence-corrected chi connectivity index (χ4v) is 1.89. The van der Waals surface area contributed by atoms with Gasteiger partial charge in [0.15, 0.2) is 0 Å². The minimum atomic E-state index is -0.306. The van der Waals surface area contributed by atoms with Gasteiger partial charge in [-0.3, -0.25) is 14.9 Å². The highest BCUT2D eigenvalue weighted by molar-refractivity contribution is 7.15. The third kappa shape index (κ3) is 3.92. The summed E-state index contributed by atoms with van der Waals surface area (Å²) in [6.45, 7) is 7.32. The van der Waals surface area contributed by atoms with Crippen molar-refractivity contribution in [2.45, 2.75) is 19.8 Å². The molecule has 0 aliphatic carbocycles. The summed E-state index contributed by atoms with van der Waals surface area (Å²) in [5.74, 6) is -0.331. The van der Waals surface area contributed by atoms with Crippen LogP contribution in [0.15, 0.2) is 12.7 Å². The molecule has 0 saturated carbocycles. The van der Waals surface area contributed by atoms with E-state index in [0.717, 1.165) is 11.1 Å².